The van der Waals surface area contributed by atoms with Gasteiger partial charge in [0.15, 0.2) is 0 Å². The first-order valence-corrected chi connectivity index (χ1v) is 9.83. The van der Waals surface area contributed by atoms with Crippen LogP contribution in [0.15, 0.2) is 54.6 Å². The number of likely N-dealkylation sites (N-methyl/N-ethyl adjacent to an activating group) is 1. The minimum Gasteiger partial charge on any atom is -0.356 e. The van der Waals surface area contributed by atoms with Crippen LogP contribution in [0.4, 0.5) is 0 Å². The number of amides is 2. The Hall–Kier alpha value is -3.08. The number of benzene rings is 2. The molecular formula is C23H23N3O2. The van der Waals surface area contributed by atoms with Crippen LogP contribution in [0.2, 0.25) is 0 Å². The van der Waals surface area contributed by atoms with Gasteiger partial charge in [0.25, 0.3) is 0 Å². The summed E-state index contributed by atoms with van der Waals surface area (Å²) in [6.07, 6.45) is 2.24. The van der Waals surface area contributed by atoms with E-state index in [4.69, 9.17) is 0 Å². The first kappa shape index (κ1) is 17.0. The van der Waals surface area contributed by atoms with Gasteiger partial charge < -0.3 is 14.8 Å². The average molecular weight is 373 g/mol. The number of fused-ring (bicyclic) bond motifs is 4. The van der Waals surface area contributed by atoms with Crippen molar-refractivity contribution in [2.45, 2.75) is 31.3 Å². The topological polar surface area (TPSA) is 56.4 Å². The van der Waals surface area contributed by atoms with E-state index in [-0.39, 0.29) is 24.4 Å². The molecule has 142 valence electrons. The van der Waals surface area contributed by atoms with Crippen LogP contribution in [0.25, 0.3) is 10.9 Å². The van der Waals surface area contributed by atoms with Crippen LogP contribution >= 0.6 is 0 Å². The first-order valence-electron chi connectivity index (χ1n) is 9.83. The summed E-state index contributed by atoms with van der Waals surface area (Å²) in [5.74, 6) is 0.0784. The lowest BCUT2D eigenvalue weighted by Crippen LogP contribution is -2.61. The Morgan fingerprint density at radius 3 is 2.61 bits per heavy atom. The van der Waals surface area contributed by atoms with Gasteiger partial charge in [-0.05, 0) is 30.0 Å². The van der Waals surface area contributed by atoms with Crippen LogP contribution in [0.5, 0.6) is 0 Å². The maximum atomic E-state index is 12.9. The SMILES string of the molecule is CN1CC(=O)N2C(Cc3c([nH]c4ccccc34)C2CCc2ccccc2)C1=O. The van der Waals surface area contributed by atoms with Gasteiger partial charge in [-0.1, -0.05) is 48.5 Å². The van der Waals surface area contributed by atoms with Crippen molar-refractivity contribution < 1.29 is 9.59 Å². The zero-order valence-corrected chi connectivity index (χ0v) is 15.9. The van der Waals surface area contributed by atoms with Crippen molar-refractivity contribution in [2.75, 3.05) is 13.6 Å². The molecule has 2 atom stereocenters. The third kappa shape index (κ3) is 2.61. The number of nitrogens with one attached hydrogen (secondary N) is 1. The van der Waals surface area contributed by atoms with E-state index in [0.717, 1.165) is 29.4 Å². The summed E-state index contributed by atoms with van der Waals surface area (Å²) in [5.41, 5.74) is 4.60. The number of carbonyl (C=O) groups is 2. The number of carbonyl (C=O) groups excluding carboxylic acids is 2. The summed E-state index contributed by atoms with van der Waals surface area (Å²) in [6.45, 7) is 0.159. The van der Waals surface area contributed by atoms with Gasteiger partial charge >= 0.3 is 0 Å². The Morgan fingerprint density at radius 1 is 1.04 bits per heavy atom. The highest BCUT2D eigenvalue weighted by atomic mass is 16.2. The number of aryl methyl sites for hydroxylation is 1. The van der Waals surface area contributed by atoms with Crippen LogP contribution in [-0.4, -0.2) is 46.2 Å². The zero-order chi connectivity index (χ0) is 19.3. The molecule has 2 aliphatic rings. The van der Waals surface area contributed by atoms with Crippen LogP contribution < -0.4 is 0 Å². The van der Waals surface area contributed by atoms with Gasteiger partial charge in [0.05, 0.1) is 12.6 Å². The normalized spacial score (nSPS) is 21.8. The molecule has 1 saturated heterocycles. The Balaban J connectivity index is 1.59. The summed E-state index contributed by atoms with van der Waals surface area (Å²) >= 11 is 0. The lowest BCUT2D eigenvalue weighted by molar-refractivity contribution is -0.158. The van der Waals surface area contributed by atoms with Gasteiger partial charge in [-0.25, -0.2) is 0 Å². The molecule has 3 aromatic rings. The Bertz CT molecular complexity index is 1060. The molecule has 3 heterocycles. The minimum absolute atomic E-state index is 0.0365. The van der Waals surface area contributed by atoms with Crippen molar-refractivity contribution >= 4 is 22.7 Å². The molecule has 0 aliphatic carbocycles. The highest BCUT2D eigenvalue weighted by Gasteiger charge is 2.46. The van der Waals surface area contributed by atoms with E-state index in [0.29, 0.717) is 6.42 Å². The predicted octanol–water partition coefficient (Wildman–Crippen LogP) is 3.07. The standard InChI is InChI=1S/C23H23N3O2/c1-25-14-21(27)26-19(12-11-15-7-3-2-4-8-15)22-17(13-20(26)23(25)28)16-9-5-6-10-18(16)24-22/h2-10,19-20,24H,11-14H2,1H3. The molecule has 5 nitrogen and oxygen atoms in total. The number of nitrogens with zero attached hydrogens (tertiary/aromatic N) is 2. The molecular weight excluding hydrogens is 350 g/mol. The molecule has 0 saturated carbocycles. The number of H-pyrrole nitrogens is 1. The molecule has 1 N–H and O–H groups in total. The second kappa shape index (κ2) is 6.51. The summed E-state index contributed by atoms with van der Waals surface area (Å²) in [7, 11) is 1.72. The highest BCUT2D eigenvalue weighted by Crippen LogP contribution is 2.41. The number of rotatable bonds is 3. The average Bonchev–Trinajstić information content (AvgIpc) is 3.09. The molecule has 0 radical (unpaired) electrons. The van der Waals surface area contributed by atoms with E-state index < -0.39 is 6.04 Å². The number of aromatic nitrogens is 1. The minimum atomic E-state index is -0.404. The van der Waals surface area contributed by atoms with Crippen molar-refractivity contribution in [3.8, 4) is 0 Å². The molecule has 5 heteroatoms. The van der Waals surface area contributed by atoms with Crippen LogP contribution in [0, 0.1) is 0 Å². The van der Waals surface area contributed by atoms with Crippen LogP contribution in [0.3, 0.4) is 0 Å². The quantitative estimate of drug-likeness (QED) is 0.767. The molecule has 1 fully saturated rings. The van der Waals surface area contributed by atoms with Gasteiger partial charge in [0.1, 0.15) is 6.04 Å². The van der Waals surface area contributed by atoms with Crippen molar-refractivity contribution in [3.05, 3.63) is 71.4 Å². The van der Waals surface area contributed by atoms with Crippen molar-refractivity contribution in [2.24, 2.45) is 0 Å². The maximum absolute atomic E-state index is 12.9. The molecule has 1 aromatic heterocycles. The second-order valence-corrected chi connectivity index (χ2v) is 7.82. The van der Waals surface area contributed by atoms with Crippen LogP contribution in [0.1, 0.15) is 29.3 Å². The van der Waals surface area contributed by atoms with Crippen molar-refractivity contribution in [1.29, 1.82) is 0 Å². The lowest BCUT2D eigenvalue weighted by atomic mass is 9.87. The van der Waals surface area contributed by atoms with Gasteiger partial charge in [-0.15, -0.1) is 0 Å². The maximum Gasteiger partial charge on any atom is 0.245 e. The van der Waals surface area contributed by atoms with E-state index in [9.17, 15) is 9.59 Å². The lowest BCUT2D eigenvalue weighted by Gasteiger charge is -2.46. The Morgan fingerprint density at radius 2 is 1.79 bits per heavy atom. The molecule has 28 heavy (non-hydrogen) atoms. The highest BCUT2D eigenvalue weighted by molar-refractivity contribution is 5.97. The van der Waals surface area contributed by atoms with E-state index in [1.54, 1.807) is 11.9 Å². The zero-order valence-electron chi connectivity index (χ0n) is 15.9. The molecule has 0 spiro atoms. The van der Waals surface area contributed by atoms with E-state index in [1.165, 1.54) is 11.1 Å². The van der Waals surface area contributed by atoms with Gasteiger partial charge in [-0.3, -0.25) is 9.59 Å². The number of hydrogen-bond donors (Lipinski definition) is 1. The molecule has 2 aromatic carbocycles. The van der Waals surface area contributed by atoms with Gasteiger partial charge in [0.2, 0.25) is 11.8 Å². The third-order valence-corrected chi connectivity index (χ3v) is 6.12. The fourth-order valence-electron chi connectivity index (χ4n) is 4.78. The largest absolute Gasteiger partial charge is 0.356 e. The predicted molar refractivity (Wildman–Crippen MR) is 108 cm³/mol. The number of aromatic amines is 1. The second-order valence-electron chi connectivity index (χ2n) is 7.82. The Labute approximate surface area is 163 Å². The van der Waals surface area contributed by atoms with E-state index in [1.807, 2.05) is 35.2 Å². The van der Waals surface area contributed by atoms with Crippen molar-refractivity contribution in [1.82, 2.24) is 14.8 Å². The summed E-state index contributed by atoms with van der Waals surface area (Å²) in [5, 5.41) is 1.16. The van der Waals surface area contributed by atoms with Crippen molar-refractivity contribution in [3.63, 3.8) is 0 Å². The number of para-hydroxylation sites is 1. The fraction of sp³-hybridized carbons (Fsp3) is 0.304. The Kier molecular flexibility index (Phi) is 3.97. The number of hydrogen-bond acceptors (Lipinski definition) is 2. The summed E-state index contributed by atoms with van der Waals surface area (Å²) < 4.78 is 0. The summed E-state index contributed by atoms with van der Waals surface area (Å²) in [4.78, 5) is 32.8. The monoisotopic (exact) mass is 373 g/mol. The summed E-state index contributed by atoms with van der Waals surface area (Å²) in [6, 6.07) is 18.0. The van der Waals surface area contributed by atoms with E-state index >= 15 is 0 Å². The molecule has 2 aliphatic heterocycles. The fourth-order valence-corrected chi connectivity index (χ4v) is 4.78. The first-order chi connectivity index (χ1) is 13.6. The molecule has 2 amide bonds. The van der Waals surface area contributed by atoms with E-state index in [2.05, 4.69) is 29.2 Å². The third-order valence-electron chi connectivity index (χ3n) is 6.12. The molecule has 0 bridgehead atoms. The number of piperazine rings is 1. The van der Waals surface area contributed by atoms with Gasteiger partial charge in [0, 0.05) is 30.1 Å². The molecule has 5 rings (SSSR count). The van der Waals surface area contributed by atoms with Gasteiger partial charge in [-0.2, -0.15) is 0 Å². The van der Waals surface area contributed by atoms with Crippen LogP contribution in [-0.2, 0) is 22.4 Å². The smallest absolute Gasteiger partial charge is 0.245 e. The molecule has 2 unspecified atom stereocenters.